The van der Waals surface area contributed by atoms with Gasteiger partial charge in [-0.05, 0) is 24.6 Å². The Labute approximate surface area is 108 Å². The highest BCUT2D eigenvalue weighted by Crippen LogP contribution is 2.18. The molecule has 0 aliphatic heterocycles. The maximum absolute atomic E-state index is 11.5. The summed E-state index contributed by atoms with van der Waals surface area (Å²) < 4.78 is 5.65. The van der Waals surface area contributed by atoms with Crippen molar-refractivity contribution in [1.29, 1.82) is 0 Å². The van der Waals surface area contributed by atoms with E-state index in [9.17, 15) is 9.59 Å². The number of hydrogen-bond acceptors (Lipinski definition) is 3. The summed E-state index contributed by atoms with van der Waals surface area (Å²) in [6, 6.07) is 7.35. The molecule has 0 unspecified atom stereocenters. The number of carbonyl (C=O) groups is 2. The lowest BCUT2D eigenvalue weighted by Gasteiger charge is -2.06. The van der Waals surface area contributed by atoms with Crippen molar-refractivity contribution in [2.45, 2.75) is 6.92 Å². The van der Waals surface area contributed by atoms with Gasteiger partial charge in [0.1, 0.15) is 5.70 Å². The van der Waals surface area contributed by atoms with Crippen LogP contribution in [0.1, 0.15) is 12.5 Å². The molecule has 1 amide bonds. The van der Waals surface area contributed by atoms with E-state index in [1.165, 1.54) is 0 Å². The van der Waals surface area contributed by atoms with Crippen molar-refractivity contribution in [3.05, 3.63) is 40.0 Å². The number of benzene rings is 1. The van der Waals surface area contributed by atoms with E-state index in [0.29, 0.717) is 6.41 Å². The van der Waals surface area contributed by atoms with Crippen LogP contribution in [-0.4, -0.2) is 19.0 Å². The number of halogens is 1. The van der Waals surface area contributed by atoms with E-state index in [1.807, 2.05) is 24.3 Å². The smallest absolute Gasteiger partial charge is 0.354 e. The van der Waals surface area contributed by atoms with Crippen LogP contribution < -0.4 is 5.32 Å². The predicted octanol–water partition coefficient (Wildman–Crippen LogP) is 2.10. The number of hydrogen-bond donors (Lipinski definition) is 1. The predicted molar refractivity (Wildman–Crippen MR) is 68.0 cm³/mol. The first kappa shape index (κ1) is 13.4. The van der Waals surface area contributed by atoms with Gasteiger partial charge in [-0.25, -0.2) is 4.79 Å². The van der Waals surface area contributed by atoms with Crippen LogP contribution in [0.3, 0.4) is 0 Å². The van der Waals surface area contributed by atoms with E-state index < -0.39 is 5.97 Å². The van der Waals surface area contributed by atoms with Crippen molar-refractivity contribution in [2.24, 2.45) is 0 Å². The molecule has 0 aliphatic carbocycles. The summed E-state index contributed by atoms with van der Waals surface area (Å²) in [4.78, 5) is 21.9. The summed E-state index contributed by atoms with van der Waals surface area (Å²) in [5.41, 5.74) is 0.888. The van der Waals surface area contributed by atoms with E-state index in [0.717, 1.165) is 10.0 Å². The molecular weight excluding hydrogens is 286 g/mol. The molecule has 90 valence electrons. The molecule has 0 saturated carbocycles. The molecule has 4 nitrogen and oxygen atoms in total. The van der Waals surface area contributed by atoms with Gasteiger partial charge >= 0.3 is 5.97 Å². The van der Waals surface area contributed by atoms with Crippen molar-refractivity contribution in [2.75, 3.05) is 6.61 Å². The van der Waals surface area contributed by atoms with Gasteiger partial charge in [-0.15, -0.1) is 0 Å². The van der Waals surface area contributed by atoms with E-state index in [4.69, 9.17) is 4.74 Å². The number of rotatable bonds is 5. The normalized spacial score (nSPS) is 10.8. The third-order valence-corrected chi connectivity index (χ3v) is 2.64. The van der Waals surface area contributed by atoms with Crippen LogP contribution in [-0.2, 0) is 14.3 Å². The van der Waals surface area contributed by atoms with Crippen LogP contribution in [0.15, 0.2) is 34.4 Å². The SMILES string of the molecule is CCOC(=O)C(=Cc1ccccc1Br)NC=O. The molecule has 0 heterocycles. The largest absolute Gasteiger partial charge is 0.461 e. The van der Waals surface area contributed by atoms with Crippen LogP contribution in [0.5, 0.6) is 0 Å². The van der Waals surface area contributed by atoms with E-state index in [-0.39, 0.29) is 12.3 Å². The van der Waals surface area contributed by atoms with Gasteiger partial charge in [0.25, 0.3) is 0 Å². The first-order valence-corrected chi connectivity index (χ1v) is 5.82. The minimum absolute atomic E-state index is 0.105. The zero-order valence-electron chi connectivity index (χ0n) is 9.27. The Balaban J connectivity index is 3.01. The maximum Gasteiger partial charge on any atom is 0.354 e. The second-order valence-electron chi connectivity index (χ2n) is 3.06. The highest BCUT2D eigenvalue weighted by molar-refractivity contribution is 9.10. The molecule has 0 aliphatic rings. The summed E-state index contributed by atoms with van der Waals surface area (Å²) in [6.45, 7) is 1.96. The first-order valence-electron chi connectivity index (χ1n) is 5.02. The number of ether oxygens (including phenoxy) is 1. The second kappa shape index (κ2) is 6.85. The number of nitrogens with one attached hydrogen (secondary N) is 1. The highest BCUT2D eigenvalue weighted by atomic mass is 79.9. The van der Waals surface area contributed by atoms with Gasteiger partial charge in [0, 0.05) is 4.47 Å². The lowest BCUT2D eigenvalue weighted by atomic mass is 10.2. The second-order valence-corrected chi connectivity index (χ2v) is 3.92. The lowest BCUT2D eigenvalue weighted by Crippen LogP contribution is -2.20. The minimum Gasteiger partial charge on any atom is -0.461 e. The average molecular weight is 298 g/mol. The molecule has 5 heteroatoms. The molecule has 1 aromatic carbocycles. The number of esters is 1. The van der Waals surface area contributed by atoms with Crippen LogP contribution in [0.2, 0.25) is 0 Å². The highest BCUT2D eigenvalue weighted by Gasteiger charge is 2.10. The summed E-state index contributed by atoms with van der Waals surface area (Å²) in [5, 5.41) is 2.33. The van der Waals surface area contributed by atoms with E-state index in [1.54, 1.807) is 13.0 Å². The summed E-state index contributed by atoms with van der Waals surface area (Å²) >= 11 is 3.35. The molecule has 0 spiro atoms. The standard InChI is InChI=1S/C12H12BrNO3/c1-2-17-12(16)11(14-8-15)7-9-5-3-4-6-10(9)13/h3-8H,2H2,1H3,(H,14,15). The summed E-state index contributed by atoms with van der Waals surface area (Å²) in [5.74, 6) is -0.560. The topological polar surface area (TPSA) is 55.4 Å². The zero-order valence-corrected chi connectivity index (χ0v) is 10.9. The first-order chi connectivity index (χ1) is 8.19. The van der Waals surface area contributed by atoms with Gasteiger partial charge in [-0.2, -0.15) is 0 Å². The monoisotopic (exact) mass is 297 g/mol. The Morgan fingerprint density at radius 2 is 2.18 bits per heavy atom. The fourth-order valence-corrected chi connectivity index (χ4v) is 1.58. The van der Waals surface area contributed by atoms with Crippen LogP contribution in [0.4, 0.5) is 0 Å². The molecule has 17 heavy (non-hydrogen) atoms. The van der Waals surface area contributed by atoms with Gasteiger partial charge in [-0.1, -0.05) is 34.1 Å². The van der Waals surface area contributed by atoms with Crippen molar-refractivity contribution in [3.8, 4) is 0 Å². The molecule has 1 aromatic rings. The fraction of sp³-hybridized carbons (Fsp3) is 0.167. The van der Waals surface area contributed by atoms with Crippen molar-refractivity contribution in [3.63, 3.8) is 0 Å². The van der Waals surface area contributed by atoms with Crippen LogP contribution >= 0.6 is 15.9 Å². The molecular formula is C12H12BrNO3. The van der Waals surface area contributed by atoms with Gasteiger partial charge in [0.15, 0.2) is 0 Å². The Bertz CT molecular complexity index is 443. The van der Waals surface area contributed by atoms with Crippen molar-refractivity contribution < 1.29 is 14.3 Å². The number of carbonyl (C=O) groups excluding carboxylic acids is 2. The number of amides is 1. The summed E-state index contributed by atoms with van der Waals surface area (Å²) in [7, 11) is 0. The van der Waals surface area contributed by atoms with Crippen LogP contribution in [0.25, 0.3) is 6.08 Å². The van der Waals surface area contributed by atoms with Gasteiger partial charge < -0.3 is 10.1 Å². The Hall–Kier alpha value is -1.62. The van der Waals surface area contributed by atoms with Crippen molar-refractivity contribution in [1.82, 2.24) is 5.32 Å². The van der Waals surface area contributed by atoms with Crippen LogP contribution in [0, 0.1) is 0 Å². The van der Waals surface area contributed by atoms with Crippen molar-refractivity contribution >= 4 is 34.4 Å². The molecule has 1 N–H and O–H groups in total. The van der Waals surface area contributed by atoms with E-state index >= 15 is 0 Å². The Morgan fingerprint density at radius 3 is 2.76 bits per heavy atom. The molecule has 0 saturated heterocycles. The van der Waals surface area contributed by atoms with Gasteiger partial charge in [-0.3, -0.25) is 4.79 Å². The third-order valence-electron chi connectivity index (χ3n) is 1.91. The molecule has 0 bridgehead atoms. The molecule has 1 rings (SSSR count). The Kier molecular flexibility index (Phi) is 5.42. The van der Waals surface area contributed by atoms with Gasteiger partial charge in [0.2, 0.25) is 6.41 Å². The molecule has 0 atom stereocenters. The Morgan fingerprint density at radius 1 is 1.47 bits per heavy atom. The third kappa shape index (κ3) is 4.03. The minimum atomic E-state index is -0.560. The summed E-state index contributed by atoms with van der Waals surface area (Å²) in [6.07, 6.45) is 2.00. The zero-order chi connectivity index (χ0) is 12.7. The maximum atomic E-state index is 11.5. The molecule has 0 radical (unpaired) electrons. The fourth-order valence-electron chi connectivity index (χ4n) is 1.18. The molecule has 0 fully saturated rings. The lowest BCUT2D eigenvalue weighted by molar-refractivity contribution is -0.139. The average Bonchev–Trinajstić information content (AvgIpc) is 2.31. The quantitative estimate of drug-likeness (QED) is 0.514. The van der Waals surface area contributed by atoms with Gasteiger partial charge in [0.05, 0.1) is 6.61 Å². The van der Waals surface area contributed by atoms with E-state index in [2.05, 4.69) is 21.2 Å². The molecule has 0 aromatic heterocycles.